The van der Waals surface area contributed by atoms with Crippen LogP contribution in [0.2, 0.25) is 0 Å². The van der Waals surface area contributed by atoms with E-state index in [0.29, 0.717) is 11.4 Å². The molecule has 1 saturated heterocycles. The minimum Gasteiger partial charge on any atom is -0.370 e. The molecular formula is C18H21N3O. The molecule has 1 aliphatic heterocycles. The predicted octanol–water partition coefficient (Wildman–Crippen LogP) is 3.63. The number of piperidine rings is 1. The molecule has 0 radical (unpaired) electrons. The first-order valence-electron chi connectivity index (χ1n) is 7.82. The van der Waals surface area contributed by atoms with Crippen LogP contribution in [0.15, 0.2) is 42.6 Å². The molecule has 0 saturated carbocycles. The van der Waals surface area contributed by atoms with Crippen LogP contribution in [-0.4, -0.2) is 24.0 Å². The summed E-state index contributed by atoms with van der Waals surface area (Å²) in [5.74, 6) is 0.477. The van der Waals surface area contributed by atoms with Gasteiger partial charge in [-0.3, -0.25) is 4.79 Å². The molecule has 0 atom stereocenters. The summed E-state index contributed by atoms with van der Waals surface area (Å²) >= 11 is 0. The summed E-state index contributed by atoms with van der Waals surface area (Å²) in [6, 6.07) is 11.5. The van der Waals surface area contributed by atoms with E-state index in [0.717, 1.165) is 24.3 Å². The molecule has 1 aromatic carbocycles. The van der Waals surface area contributed by atoms with Crippen LogP contribution in [0.1, 0.15) is 35.2 Å². The van der Waals surface area contributed by atoms with E-state index in [4.69, 9.17) is 0 Å². The standard InChI is InChI=1S/C18H21N3O/c1-14-7-3-4-8-16(14)18(22)20-17-10-9-15(13-19-17)21-11-5-2-6-12-21/h3-4,7-10,13H,2,5-6,11-12H2,1H3,(H,19,20,22). The van der Waals surface area contributed by atoms with Gasteiger partial charge in [0.2, 0.25) is 0 Å². The molecule has 0 spiro atoms. The molecule has 1 amide bonds. The lowest BCUT2D eigenvalue weighted by Crippen LogP contribution is -2.29. The maximum atomic E-state index is 12.3. The topological polar surface area (TPSA) is 45.2 Å². The highest BCUT2D eigenvalue weighted by molar-refractivity contribution is 6.04. The smallest absolute Gasteiger partial charge is 0.257 e. The number of anilines is 2. The number of carbonyl (C=O) groups excluding carboxylic acids is 1. The van der Waals surface area contributed by atoms with Gasteiger partial charge < -0.3 is 10.2 Å². The van der Waals surface area contributed by atoms with E-state index in [1.807, 2.05) is 49.5 Å². The molecule has 0 bridgehead atoms. The van der Waals surface area contributed by atoms with Crippen LogP contribution in [0.5, 0.6) is 0 Å². The van der Waals surface area contributed by atoms with E-state index in [1.54, 1.807) is 0 Å². The molecule has 1 aliphatic rings. The summed E-state index contributed by atoms with van der Waals surface area (Å²) in [4.78, 5) is 19.0. The van der Waals surface area contributed by atoms with Crippen molar-refractivity contribution in [3.8, 4) is 0 Å². The molecule has 4 heteroatoms. The molecule has 4 nitrogen and oxygen atoms in total. The number of carbonyl (C=O) groups is 1. The first kappa shape index (κ1) is 14.6. The van der Waals surface area contributed by atoms with Crippen molar-refractivity contribution in [3.63, 3.8) is 0 Å². The number of hydrogen-bond acceptors (Lipinski definition) is 3. The Kier molecular flexibility index (Phi) is 4.37. The van der Waals surface area contributed by atoms with Crippen LogP contribution in [0.4, 0.5) is 11.5 Å². The number of aryl methyl sites for hydroxylation is 1. The molecule has 22 heavy (non-hydrogen) atoms. The predicted molar refractivity (Wildman–Crippen MR) is 89.4 cm³/mol. The second-order valence-corrected chi connectivity index (χ2v) is 5.72. The maximum Gasteiger partial charge on any atom is 0.257 e. The van der Waals surface area contributed by atoms with Gasteiger partial charge in [-0.25, -0.2) is 4.98 Å². The Hall–Kier alpha value is -2.36. The Bertz CT molecular complexity index is 646. The second kappa shape index (κ2) is 6.60. The van der Waals surface area contributed by atoms with E-state index in [1.165, 1.54) is 19.3 Å². The number of amides is 1. The first-order chi connectivity index (χ1) is 10.7. The molecule has 2 heterocycles. The van der Waals surface area contributed by atoms with Crippen molar-refractivity contribution >= 4 is 17.4 Å². The summed E-state index contributed by atoms with van der Waals surface area (Å²) in [5, 5.41) is 2.86. The number of benzene rings is 1. The first-order valence-corrected chi connectivity index (χ1v) is 7.82. The average Bonchev–Trinajstić information content (AvgIpc) is 2.57. The SMILES string of the molecule is Cc1ccccc1C(=O)Nc1ccc(N2CCCCC2)cn1. The van der Waals surface area contributed by atoms with Gasteiger partial charge in [0.15, 0.2) is 0 Å². The van der Waals surface area contributed by atoms with Crippen molar-refractivity contribution in [2.75, 3.05) is 23.3 Å². The Morgan fingerprint density at radius 1 is 1.09 bits per heavy atom. The van der Waals surface area contributed by atoms with Gasteiger partial charge in [0, 0.05) is 18.7 Å². The monoisotopic (exact) mass is 295 g/mol. The summed E-state index contributed by atoms with van der Waals surface area (Å²) < 4.78 is 0. The number of aromatic nitrogens is 1. The lowest BCUT2D eigenvalue weighted by molar-refractivity contribution is 0.102. The number of hydrogen-bond donors (Lipinski definition) is 1. The molecule has 2 aromatic rings. The Labute approximate surface area is 131 Å². The minimum absolute atomic E-state index is 0.115. The van der Waals surface area contributed by atoms with E-state index >= 15 is 0 Å². The van der Waals surface area contributed by atoms with E-state index in [2.05, 4.69) is 15.2 Å². The molecule has 3 rings (SSSR count). The van der Waals surface area contributed by atoms with Gasteiger partial charge in [0.25, 0.3) is 5.91 Å². The number of nitrogens with one attached hydrogen (secondary N) is 1. The number of nitrogens with zero attached hydrogens (tertiary/aromatic N) is 2. The number of rotatable bonds is 3. The Balaban J connectivity index is 1.68. The highest BCUT2D eigenvalue weighted by atomic mass is 16.1. The normalized spacial score (nSPS) is 14.7. The molecule has 1 fully saturated rings. The summed E-state index contributed by atoms with van der Waals surface area (Å²) in [5.41, 5.74) is 2.78. The lowest BCUT2D eigenvalue weighted by atomic mass is 10.1. The van der Waals surface area contributed by atoms with Crippen molar-refractivity contribution in [1.29, 1.82) is 0 Å². The van der Waals surface area contributed by atoms with Crippen LogP contribution < -0.4 is 10.2 Å². The largest absolute Gasteiger partial charge is 0.370 e. The van der Waals surface area contributed by atoms with Crippen molar-refractivity contribution in [3.05, 3.63) is 53.7 Å². The minimum atomic E-state index is -0.115. The third kappa shape index (κ3) is 3.27. The van der Waals surface area contributed by atoms with Gasteiger partial charge in [-0.2, -0.15) is 0 Å². The van der Waals surface area contributed by atoms with Crippen LogP contribution in [0.25, 0.3) is 0 Å². The van der Waals surface area contributed by atoms with Crippen LogP contribution >= 0.6 is 0 Å². The summed E-state index contributed by atoms with van der Waals surface area (Å²) in [7, 11) is 0. The fourth-order valence-electron chi connectivity index (χ4n) is 2.81. The third-order valence-electron chi connectivity index (χ3n) is 4.10. The summed E-state index contributed by atoms with van der Waals surface area (Å²) in [6.07, 6.45) is 5.64. The number of pyridine rings is 1. The fraction of sp³-hybridized carbons (Fsp3) is 0.333. The van der Waals surface area contributed by atoms with Crippen molar-refractivity contribution in [1.82, 2.24) is 4.98 Å². The molecule has 1 N–H and O–H groups in total. The Morgan fingerprint density at radius 2 is 1.86 bits per heavy atom. The van der Waals surface area contributed by atoms with Crippen LogP contribution in [-0.2, 0) is 0 Å². The van der Waals surface area contributed by atoms with Gasteiger partial charge in [-0.15, -0.1) is 0 Å². The van der Waals surface area contributed by atoms with Gasteiger partial charge >= 0.3 is 0 Å². The van der Waals surface area contributed by atoms with Gasteiger partial charge in [-0.1, -0.05) is 18.2 Å². The molecule has 1 aromatic heterocycles. The molecule has 0 unspecified atom stereocenters. The van der Waals surface area contributed by atoms with Crippen molar-refractivity contribution < 1.29 is 4.79 Å². The molecule has 114 valence electrons. The molecular weight excluding hydrogens is 274 g/mol. The average molecular weight is 295 g/mol. The van der Waals surface area contributed by atoms with E-state index in [9.17, 15) is 4.79 Å². The highest BCUT2D eigenvalue weighted by Crippen LogP contribution is 2.20. The van der Waals surface area contributed by atoms with Crippen LogP contribution in [0, 0.1) is 6.92 Å². The van der Waals surface area contributed by atoms with E-state index < -0.39 is 0 Å². The van der Waals surface area contributed by atoms with E-state index in [-0.39, 0.29) is 5.91 Å². The summed E-state index contributed by atoms with van der Waals surface area (Å²) in [6.45, 7) is 4.12. The lowest BCUT2D eigenvalue weighted by Gasteiger charge is -2.28. The van der Waals surface area contributed by atoms with Crippen LogP contribution in [0.3, 0.4) is 0 Å². The van der Waals surface area contributed by atoms with Crippen molar-refractivity contribution in [2.45, 2.75) is 26.2 Å². The molecule has 0 aliphatic carbocycles. The quantitative estimate of drug-likeness (QED) is 0.940. The zero-order valence-corrected chi connectivity index (χ0v) is 12.9. The second-order valence-electron chi connectivity index (χ2n) is 5.72. The maximum absolute atomic E-state index is 12.3. The Morgan fingerprint density at radius 3 is 2.55 bits per heavy atom. The zero-order chi connectivity index (χ0) is 15.4. The van der Waals surface area contributed by atoms with Gasteiger partial charge in [0.1, 0.15) is 5.82 Å². The fourth-order valence-corrected chi connectivity index (χ4v) is 2.81. The highest BCUT2D eigenvalue weighted by Gasteiger charge is 2.12. The van der Waals surface area contributed by atoms with Gasteiger partial charge in [-0.05, 0) is 49.9 Å². The van der Waals surface area contributed by atoms with Crippen molar-refractivity contribution in [2.24, 2.45) is 0 Å². The van der Waals surface area contributed by atoms with Gasteiger partial charge in [0.05, 0.1) is 11.9 Å². The zero-order valence-electron chi connectivity index (χ0n) is 12.9. The third-order valence-corrected chi connectivity index (χ3v) is 4.10.